The van der Waals surface area contributed by atoms with E-state index in [1.165, 1.54) is 16.0 Å². The third kappa shape index (κ3) is 3.22. The van der Waals surface area contributed by atoms with E-state index in [1.807, 2.05) is 24.3 Å². The van der Waals surface area contributed by atoms with Gasteiger partial charge in [-0.2, -0.15) is 0 Å². The maximum atomic E-state index is 13.4. The molecule has 0 saturated carbocycles. The number of rotatable bonds is 4. The van der Waals surface area contributed by atoms with Gasteiger partial charge in [0.05, 0.1) is 19.2 Å². The van der Waals surface area contributed by atoms with Crippen molar-refractivity contribution in [2.75, 3.05) is 7.11 Å². The molecule has 1 aromatic heterocycles. The first-order valence-corrected chi connectivity index (χ1v) is 10.7. The van der Waals surface area contributed by atoms with Gasteiger partial charge in [0.25, 0.3) is 5.91 Å². The molecular formula is C24H22ClN3O3. The Labute approximate surface area is 185 Å². The van der Waals surface area contributed by atoms with Crippen molar-refractivity contribution < 1.29 is 14.3 Å². The molecule has 0 bridgehead atoms. The van der Waals surface area contributed by atoms with Crippen molar-refractivity contribution >= 4 is 34.4 Å². The predicted octanol–water partition coefficient (Wildman–Crippen LogP) is 4.35. The van der Waals surface area contributed by atoms with Crippen molar-refractivity contribution in [2.24, 2.45) is 0 Å². The number of hydrogen-bond donors (Lipinski definition) is 1. The summed E-state index contributed by atoms with van der Waals surface area (Å²) in [4.78, 5) is 31.8. The minimum Gasteiger partial charge on any atom is -0.497 e. The second-order valence-corrected chi connectivity index (χ2v) is 8.64. The van der Waals surface area contributed by atoms with Crippen molar-refractivity contribution in [2.45, 2.75) is 38.3 Å². The van der Waals surface area contributed by atoms with Crippen LogP contribution in [0.4, 0.5) is 4.79 Å². The third-order valence-corrected chi connectivity index (χ3v) is 6.66. The fraction of sp³-hybridized carbons (Fsp3) is 0.292. The molecule has 1 N–H and O–H groups in total. The Morgan fingerprint density at radius 1 is 1.13 bits per heavy atom. The Morgan fingerprint density at radius 3 is 2.74 bits per heavy atom. The summed E-state index contributed by atoms with van der Waals surface area (Å²) in [7, 11) is 1.59. The average Bonchev–Trinajstić information content (AvgIpc) is 3.32. The minimum atomic E-state index is -1.10. The van der Waals surface area contributed by atoms with Crippen LogP contribution in [0.2, 0.25) is 5.15 Å². The fourth-order valence-corrected chi connectivity index (χ4v) is 4.70. The van der Waals surface area contributed by atoms with Gasteiger partial charge >= 0.3 is 6.03 Å². The lowest BCUT2D eigenvalue weighted by Crippen LogP contribution is -2.41. The second kappa shape index (κ2) is 7.24. The van der Waals surface area contributed by atoms with Crippen molar-refractivity contribution in [3.63, 3.8) is 0 Å². The Hall–Kier alpha value is -3.12. The van der Waals surface area contributed by atoms with Gasteiger partial charge in [0.15, 0.2) is 0 Å². The normalized spacial score (nSPS) is 20.3. The molecule has 2 heterocycles. The van der Waals surface area contributed by atoms with Crippen LogP contribution in [-0.2, 0) is 29.7 Å². The summed E-state index contributed by atoms with van der Waals surface area (Å²) in [6.07, 6.45) is 3.20. The summed E-state index contributed by atoms with van der Waals surface area (Å²) in [5.74, 6) is 0.393. The second-order valence-electron chi connectivity index (χ2n) is 8.28. The number of benzene rings is 2. The van der Waals surface area contributed by atoms with Crippen LogP contribution in [0.15, 0.2) is 42.5 Å². The smallest absolute Gasteiger partial charge is 0.325 e. The number of ether oxygens (including phenoxy) is 1. The van der Waals surface area contributed by atoms with Crippen molar-refractivity contribution in [1.82, 2.24) is 15.2 Å². The number of carbonyl (C=O) groups excluding carboxylic acids is 2. The zero-order valence-electron chi connectivity index (χ0n) is 17.4. The maximum Gasteiger partial charge on any atom is 0.325 e. The molecule has 158 valence electrons. The highest BCUT2D eigenvalue weighted by Gasteiger charge is 2.49. The molecule has 2 aliphatic rings. The van der Waals surface area contributed by atoms with E-state index in [1.54, 1.807) is 20.1 Å². The van der Waals surface area contributed by atoms with Crippen LogP contribution in [0.3, 0.4) is 0 Å². The summed E-state index contributed by atoms with van der Waals surface area (Å²) < 4.78 is 5.23. The number of halogens is 1. The fourth-order valence-electron chi connectivity index (χ4n) is 4.49. The molecule has 2 aromatic carbocycles. The highest BCUT2D eigenvalue weighted by molar-refractivity contribution is 6.30. The van der Waals surface area contributed by atoms with E-state index < -0.39 is 11.6 Å². The lowest BCUT2D eigenvalue weighted by molar-refractivity contribution is -0.131. The van der Waals surface area contributed by atoms with E-state index in [4.69, 9.17) is 16.3 Å². The molecule has 31 heavy (non-hydrogen) atoms. The molecular weight excluding hydrogens is 414 g/mol. The minimum absolute atomic E-state index is 0.0546. The Kier molecular flexibility index (Phi) is 4.63. The Morgan fingerprint density at radius 2 is 1.94 bits per heavy atom. The first-order chi connectivity index (χ1) is 14.9. The summed E-state index contributed by atoms with van der Waals surface area (Å²) in [5, 5.41) is 4.00. The maximum absolute atomic E-state index is 13.4. The Balaban J connectivity index is 1.45. The lowest BCUT2D eigenvalue weighted by atomic mass is 9.89. The number of urea groups is 1. The molecule has 1 aliphatic heterocycles. The zero-order valence-corrected chi connectivity index (χ0v) is 18.1. The largest absolute Gasteiger partial charge is 0.497 e. The standard InChI is InChI=1S/C24H22ClN3O3/c1-24(18-8-6-14-4-3-5-15(14)11-18)22(29)28(23(30)27-24)13-17-10-16-7-9-19(31-2)12-20(16)26-21(17)25/h6-12H,3-5,13H2,1-2H3,(H,27,30). The molecule has 3 aromatic rings. The predicted molar refractivity (Wildman–Crippen MR) is 118 cm³/mol. The summed E-state index contributed by atoms with van der Waals surface area (Å²) in [6, 6.07) is 13.0. The molecule has 1 atom stereocenters. The monoisotopic (exact) mass is 435 g/mol. The van der Waals surface area contributed by atoms with Gasteiger partial charge in [-0.3, -0.25) is 9.69 Å². The van der Waals surface area contributed by atoms with Gasteiger partial charge in [-0.05, 0) is 61.1 Å². The number of aromatic nitrogens is 1. The van der Waals surface area contributed by atoms with Crippen molar-refractivity contribution in [3.8, 4) is 5.75 Å². The van der Waals surface area contributed by atoms with Gasteiger partial charge in [-0.15, -0.1) is 0 Å². The lowest BCUT2D eigenvalue weighted by Gasteiger charge is -2.23. The van der Waals surface area contributed by atoms with Gasteiger partial charge in [-0.1, -0.05) is 29.8 Å². The van der Waals surface area contributed by atoms with Crippen LogP contribution in [0.25, 0.3) is 10.9 Å². The van der Waals surface area contributed by atoms with Crippen LogP contribution < -0.4 is 10.1 Å². The first-order valence-electron chi connectivity index (χ1n) is 10.3. The molecule has 1 aliphatic carbocycles. The highest BCUT2D eigenvalue weighted by atomic mass is 35.5. The summed E-state index contributed by atoms with van der Waals surface area (Å²) in [6.45, 7) is 1.81. The number of fused-ring (bicyclic) bond motifs is 2. The first kappa shape index (κ1) is 19.8. The molecule has 1 fully saturated rings. The number of nitrogens with one attached hydrogen (secondary N) is 1. The van der Waals surface area contributed by atoms with Gasteiger partial charge in [0.1, 0.15) is 16.4 Å². The third-order valence-electron chi connectivity index (χ3n) is 6.33. The van der Waals surface area contributed by atoms with Gasteiger partial charge in [0.2, 0.25) is 0 Å². The average molecular weight is 436 g/mol. The number of aryl methyl sites for hydroxylation is 2. The van der Waals surface area contributed by atoms with E-state index in [9.17, 15) is 9.59 Å². The quantitative estimate of drug-likeness (QED) is 0.488. The zero-order chi connectivity index (χ0) is 21.8. The van der Waals surface area contributed by atoms with Gasteiger partial charge in [-0.25, -0.2) is 9.78 Å². The molecule has 3 amide bonds. The van der Waals surface area contributed by atoms with Crippen LogP contribution in [0.1, 0.15) is 35.6 Å². The van der Waals surface area contributed by atoms with Crippen LogP contribution in [0.5, 0.6) is 5.75 Å². The number of methoxy groups -OCH3 is 1. The highest BCUT2D eigenvalue weighted by Crippen LogP contribution is 2.34. The number of hydrogen-bond acceptors (Lipinski definition) is 4. The van der Waals surface area contributed by atoms with Gasteiger partial charge < -0.3 is 10.1 Å². The van der Waals surface area contributed by atoms with Crippen LogP contribution in [-0.4, -0.2) is 28.9 Å². The number of carbonyl (C=O) groups is 2. The number of amides is 3. The molecule has 5 rings (SSSR count). The Bertz CT molecular complexity index is 1240. The number of nitrogens with zero attached hydrogens (tertiary/aromatic N) is 2. The molecule has 1 saturated heterocycles. The SMILES string of the molecule is COc1ccc2cc(CN3C(=O)NC(C)(c4ccc5c(c4)CCC5)C3=O)c(Cl)nc2c1. The van der Waals surface area contributed by atoms with Gasteiger partial charge in [0, 0.05) is 17.0 Å². The molecule has 1 unspecified atom stereocenters. The van der Waals surface area contributed by atoms with E-state index >= 15 is 0 Å². The molecule has 0 radical (unpaired) electrons. The molecule has 6 nitrogen and oxygen atoms in total. The van der Waals surface area contributed by atoms with Crippen LogP contribution >= 0.6 is 11.6 Å². The van der Waals surface area contributed by atoms with Crippen molar-refractivity contribution in [1.29, 1.82) is 0 Å². The molecule has 0 spiro atoms. The van der Waals surface area contributed by atoms with E-state index in [2.05, 4.69) is 22.4 Å². The van der Waals surface area contributed by atoms with Crippen molar-refractivity contribution in [3.05, 3.63) is 69.9 Å². The topological polar surface area (TPSA) is 71.5 Å². The van der Waals surface area contributed by atoms with Crippen LogP contribution in [0, 0.1) is 0 Å². The number of pyridine rings is 1. The molecule has 7 heteroatoms. The summed E-state index contributed by atoms with van der Waals surface area (Å²) >= 11 is 6.40. The number of imide groups is 1. The van der Waals surface area contributed by atoms with E-state index in [0.717, 1.165) is 30.2 Å². The summed E-state index contributed by atoms with van der Waals surface area (Å²) in [5.41, 5.74) is 3.60. The van der Waals surface area contributed by atoms with E-state index in [-0.39, 0.29) is 17.6 Å². The van der Waals surface area contributed by atoms with E-state index in [0.29, 0.717) is 16.8 Å².